The van der Waals surface area contributed by atoms with E-state index >= 15 is 0 Å². The molecule has 1 fully saturated rings. The highest BCUT2D eigenvalue weighted by atomic mass is 16.5. The molecule has 2 aliphatic carbocycles. The molecule has 0 amide bonds. The van der Waals surface area contributed by atoms with Gasteiger partial charge in [0.2, 0.25) is 0 Å². The number of benzene rings is 2. The largest absolute Gasteiger partial charge is 0.463 e. The average Bonchev–Trinajstić information content (AvgIpc) is 3.40. The Kier molecular flexibility index (Phi) is 6.43. The highest BCUT2D eigenvalue weighted by molar-refractivity contribution is 5.91. The number of rotatable bonds is 8. The first-order valence-electron chi connectivity index (χ1n) is 10.6. The molecule has 154 valence electrons. The van der Waals surface area contributed by atoms with Crippen LogP contribution in [0.5, 0.6) is 5.75 Å². The monoisotopic (exact) mass is 402 g/mol. The predicted molar refractivity (Wildman–Crippen MR) is 116 cm³/mol. The highest BCUT2D eigenvalue weighted by Crippen LogP contribution is 2.45. The Morgan fingerprint density at radius 1 is 0.967 bits per heavy atom. The van der Waals surface area contributed by atoms with E-state index in [-0.39, 0.29) is 5.97 Å². The molecule has 4 nitrogen and oxygen atoms in total. The minimum atomic E-state index is -0.415. The van der Waals surface area contributed by atoms with E-state index in [1.165, 1.54) is 18.9 Å². The molecular weight excluding hydrogens is 376 g/mol. The van der Waals surface area contributed by atoms with Gasteiger partial charge >= 0.3 is 11.9 Å². The van der Waals surface area contributed by atoms with Crippen LogP contribution in [-0.2, 0) is 9.53 Å². The molecule has 2 aromatic rings. The maximum atomic E-state index is 12.2. The van der Waals surface area contributed by atoms with Crippen molar-refractivity contribution < 1.29 is 19.1 Å². The number of carbonyl (C=O) groups excluding carboxylic acids is 2. The van der Waals surface area contributed by atoms with Gasteiger partial charge in [-0.1, -0.05) is 42.5 Å². The van der Waals surface area contributed by atoms with Crippen LogP contribution < -0.4 is 4.74 Å². The zero-order chi connectivity index (χ0) is 20.8. The standard InChI is InChI=1S/C26H26O4/c27-25(29-16-4-5-22-17-20-10-14-23(22)18-20)15-11-19-8-12-21(13-9-19)26(28)30-24-6-2-1-3-7-24/h1-3,6-15,20,22-23H,4-5,16-18H2/b15-11+. The fourth-order valence-corrected chi connectivity index (χ4v) is 4.34. The van der Waals surface area contributed by atoms with Gasteiger partial charge in [0, 0.05) is 6.08 Å². The molecule has 3 atom stereocenters. The van der Waals surface area contributed by atoms with E-state index in [0.29, 0.717) is 17.9 Å². The Morgan fingerprint density at radius 2 is 1.77 bits per heavy atom. The van der Waals surface area contributed by atoms with Crippen molar-refractivity contribution in [1.82, 2.24) is 0 Å². The number of hydrogen-bond acceptors (Lipinski definition) is 4. The molecule has 0 N–H and O–H groups in total. The van der Waals surface area contributed by atoms with Crippen LogP contribution in [0.2, 0.25) is 0 Å². The molecule has 1 saturated carbocycles. The van der Waals surface area contributed by atoms with Crippen LogP contribution >= 0.6 is 0 Å². The molecule has 4 rings (SSSR count). The fourth-order valence-electron chi connectivity index (χ4n) is 4.34. The second kappa shape index (κ2) is 9.57. The molecule has 2 aromatic carbocycles. The first-order valence-corrected chi connectivity index (χ1v) is 10.6. The van der Waals surface area contributed by atoms with Crippen molar-refractivity contribution in [3.63, 3.8) is 0 Å². The topological polar surface area (TPSA) is 52.6 Å². The SMILES string of the molecule is O=C(/C=C/c1ccc(C(=O)Oc2ccccc2)cc1)OCCCC1CC2C=CC1C2. The number of ether oxygens (including phenoxy) is 2. The minimum absolute atomic E-state index is 0.338. The molecule has 2 bridgehead atoms. The van der Waals surface area contributed by atoms with Gasteiger partial charge in [0.25, 0.3) is 0 Å². The zero-order valence-electron chi connectivity index (χ0n) is 16.9. The lowest BCUT2D eigenvalue weighted by atomic mass is 9.89. The molecule has 4 heteroatoms. The molecule has 0 heterocycles. The Bertz CT molecular complexity index is 927. The summed E-state index contributed by atoms with van der Waals surface area (Å²) in [7, 11) is 0. The van der Waals surface area contributed by atoms with Crippen LogP contribution in [0.25, 0.3) is 6.08 Å². The molecular formula is C26H26O4. The molecule has 0 saturated heterocycles. The summed E-state index contributed by atoms with van der Waals surface area (Å²) < 4.78 is 10.6. The van der Waals surface area contributed by atoms with Crippen LogP contribution in [0.4, 0.5) is 0 Å². The average molecular weight is 402 g/mol. The Labute approximate surface area is 177 Å². The first-order chi connectivity index (χ1) is 14.7. The minimum Gasteiger partial charge on any atom is -0.463 e. The number of allylic oxidation sites excluding steroid dienone is 2. The molecule has 0 aromatic heterocycles. The van der Waals surface area contributed by atoms with E-state index in [0.717, 1.165) is 36.2 Å². The summed E-state index contributed by atoms with van der Waals surface area (Å²) in [6.07, 6.45) is 12.5. The smallest absolute Gasteiger partial charge is 0.343 e. The van der Waals surface area contributed by atoms with E-state index in [9.17, 15) is 9.59 Å². The van der Waals surface area contributed by atoms with Crippen molar-refractivity contribution in [1.29, 1.82) is 0 Å². The second-order valence-electron chi connectivity index (χ2n) is 8.01. The van der Waals surface area contributed by atoms with Gasteiger partial charge in [0.15, 0.2) is 0 Å². The summed E-state index contributed by atoms with van der Waals surface area (Å²) in [5.41, 5.74) is 1.27. The molecule has 0 spiro atoms. The summed E-state index contributed by atoms with van der Waals surface area (Å²) in [5.74, 6) is 2.06. The van der Waals surface area contributed by atoms with Gasteiger partial charge in [0.05, 0.1) is 12.2 Å². The summed E-state index contributed by atoms with van der Waals surface area (Å²) in [5, 5.41) is 0. The van der Waals surface area contributed by atoms with Crippen LogP contribution in [0, 0.1) is 17.8 Å². The van der Waals surface area contributed by atoms with Crippen molar-refractivity contribution in [2.75, 3.05) is 6.61 Å². The van der Waals surface area contributed by atoms with Gasteiger partial charge in [-0.25, -0.2) is 9.59 Å². The van der Waals surface area contributed by atoms with Crippen LogP contribution in [0.1, 0.15) is 41.6 Å². The highest BCUT2D eigenvalue weighted by Gasteiger charge is 2.34. The van der Waals surface area contributed by atoms with Crippen LogP contribution in [0.3, 0.4) is 0 Å². The van der Waals surface area contributed by atoms with Crippen molar-refractivity contribution in [2.24, 2.45) is 17.8 Å². The number of fused-ring (bicyclic) bond motifs is 2. The van der Waals surface area contributed by atoms with E-state index < -0.39 is 5.97 Å². The van der Waals surface area contributed by atoms with Gasteiger partial charge in [-0.15, -0.1) is 0 Å². The Hall–Kier alpha value is -3.14. The lowest BCUT2D eigenvalue weighted by Crippen LogP contribution is -2.09. The summed E-state index contributed by atoms with van der Waals surface area (Å²) in [6.45, 7) is 0.463. The van der Waals surface area contributed by atoms with Crippen LogP contribution in [0.15, 0.2) is 72.8 Å². The zero-order valence-corrected chi connectivity index (χ0v) is 16.9. The van der Waals surface area contributed by atoms with E-state index in [1.807, 2.05) is 18.2 Å². The van der Waals surface area contributed by atoms with Gasteiger partial charge < -0.3 is 9.47 Å². The number of carbonyl (C=O) groups is 2. The molecule has 0 aliphatic heterocycles. The Morgan fingerprint density at radius 3 is 2.47 bits per heavy atom. The third-order valence-corrected chi connectivity index (χ3v) is 5.89. The van der Waals surface area contributed by atoms with Gasteiger partial charge in [0.1, 0.15) is 5.75 Å². The predicted octanol–water partition coefficient (Wildman–Crippen LogP) is 5.45. The molecule has 30 heavy (non-hydrogen) atoms. The van der Waals surface area contributed by atoms with E-state index in [1.54, 1.807) is 42.5 Å². The van der Waals surface area contributed by atoms with Crippen molar-refractivity contribution in [2.45, 2.75) is 25.7 Å². The lowest BCUT2D eigenvalue weighted by molar-refractivity contribution is -0.137. The van der Waals surface area contributed by atoms with Crippen molar-refractivity contribution in [3.05, 3.63) is 84.0 Å². The third kappa shape index (κ3) is 5.26. The number of esters is 2. The third-order valence-electron chi connectivity index (χ3n) is 5.89. The van der Waals surface area contributed by atoms with Crippen LogP contribution in [-0.4, -0.2) is 18.5 Å². The van der Waals surface area contributed by atoms with Crippen molar-refractivity contribution in [3.8, 4) is 5.75 Å². The van der Waals surface area contributed by atoms with E-state index in [4.69, 9.17) is 9.47 Å². The Balaban J connectivity index is 1.18. The van der Waals surface area contributed by atoms with Crippen molar-refractivity contribution >= 4 is 18.0 Å². The van der Waals surface area contributed by atoms with Gasteiger partial charge in [-0.2, -0.15) is 0 Å². The summed E-state index contributed by atoms with van der Waals surface area (Å²) in [4.78, 5) is 24.1. The molecule has 3 unspecified atom stereocenters. The number of hydrogen-bond donors (Lipinski definition) is 0. The maximum Gasteiger partial charge on any atom is 0.343 e. The molecule has 0 radical (unpaired) electrons. The number of para-hydroxylation sites is 1. The first kappa shape index (κ1) is 20.1. The second-order valence-corrected chi connectivity index (χ2v) is 8.01. The lowest BCUT2D eigenvalue weighted by Gasteiger charge is -2.17. The van der Waals surface area contributed by atoms with Gasteiger partial charge in [-0.05, 0) is 79.3 Å². The summed E-state index contributed by atoms with van der Waals surface area (Å²) >= 11 is 0. The normalized spacial score (nSPS) is 21.8. The van der Waals surface area contributed by atoms with Gasteiger partial charge in [-0.3, -0.25) is 0 Å². The summed E-state index contributed by atoms with van der Waals surface area (Å²) in [6, 6.07) is 15.9. The fraction of sp³-hybridized carbons (Fsp3) is 0.308. The maximum absolute atomic E-state index is 12.2. The molecule has 2 aliphatic rings. The quantitative estimate of drug-likeness (QED) is 0.194. The van der Waals surface area contributed by atoms with E-state index in [2.05, 4.69) is 12.2 Å².